The van der Waals surface area contributed by atoms with Crippen molar-refractivity contribution in [3.63, 3.8) is 0 Å². The number of carboxylic acids is 1. The van der Waals surface area contributed by atoms with Crippen LogP contribution in [0.3, 0.4) is 0 Å². The lowest BCUT2D eigenvalue weighted by molar-refractivity contribution is -0.387. The van der Waals surface area contributed by atoms with E-state index in [0.717, 1.165) is 17.3 Å². The third-order valence-corrected chi connectivity index (χ3v) is 3.78. The van der Waals surface area contributed by atoms with E-state index in [9.17, 15) is 14.9 Å². The van der Waals surface area contributed by atoms with Gasteiger partial charge in [0, 0.05) is 17.2 Å². The number of carbonyl (C=O) groups is 1. The van der Waals surface area contributed by atoms with Crippen LogP contribution < -0.4 is 0 Å². The zero-order valence-electron chi connectivity index (χ0n) is 10.4. The van der Waals surface area contributed by atoms with Gasteiger partial charge in [-0.3, -0.25) is 10.1 Å². The Bertz CT molecular complexity index is 688. The fraction of sp³-hybridized carbons (Fsp3) is 0.0769. The van der Waals surface area contributed by atoms with E-state index in [1.807, 2.05) is 0 Å². The summed E-state index contributed by atoms with van der Waals surface area (Å²) in [7, 11) is 0. The van der Waals surface area contributed by atoms with Crippen molar-refractivity contribution in [1.29, 1.82) is 0 Å². The summed E-state index contributed by atoms with van der Waals surface area (Å²) in [6, 6.07) is 7.83. The first kappa shape index (κ1) is 14.0. The van der Waals surface area contributed by atoms with Crippen molar-refractivity contribution in [3.05, 3.63) is 57.9 Å². The number of benzene rings is 1. The molecule has 0 aliphatic carbocycles. The maximum absolute atomic E-state index is 11.0. The average Bonchev–Trinajstić information content (AvgIpc) is 2.41. The van der Waals surface area contributed by atoms with E-state index in [0.29, 0.717) is 9.79 Å². The molecule has 0 aliphatic rings. The zero-order chi connectivity index (χ0) is 14.7. The van der Waals surface area contributed by atoms with E-state index >= 15 is 0 Å². The van der Waals surface area contributed by atoms with E-state index in [-0.39, 0.29) is 11.4 Å². The molecule has 0 bridgehead atoms. The Morgan fingerprint density at radius 2 is 2.15 bits per heavy atom. The number of nitrogens with zero attached hydrogens (tertiary/aromatic N) is 2. The van der Waals surface area contributed by atoms with Crippen LogP contribution in [-0.4, -0.2) is 21.0 Å². The highest BCUT2D eigenvalue weighted by molar-refractivity contribution is 7.99. The van der Waals surface area contributed by atoms with Crippen LogP contribution >= 0.6 is 11.8 Å². The molecule has 20 heavy (non-hydrogen) atoms. The van der Waals surface area contributed by atoms with Crippen LogP contribution in [0.15, 0.2) is 46.3 Å². The maximum Gasteiger partial charge on any atom is 0.354 e. The first-order chi connectivity index (χ1) is 9.49. The highest BCUT2D eigenvalue weighted by Crippen LogP contribution is 2.37. The molecule has 1 aromatic carbocycles. The molecule has 0 atom stereocenters. The smallest absolute Gasteiger partial charge is 0.354 e. The van der Waals surface area contributed by atoms with Crippen molar-refractivity contribution in [1.82, 2.24) is 4.98 Å². The molecule has 1 heterocycles. The number of pyridine rings is 1. The van der Waals surface area contributed by atoms with Crippen LogP contribution in [0.5, 0.6) is 0 Å². The second-order valence-electron chi connectivity index (χ2n) is 3.96. The molecule has 0 spiro atoms. The van der Waals surface area contributed by atoms with E-state index in [2.05, 4.69) is 4.98 Å². The SMILES string of the molecule is Cc1cccc([N+](=O)[O-])c1Sc1ccnc(C(=O)O)c1. The molecular weight excluding hydrogens is 280 g/mol. The highest BCUT2D eigenvalue weighted by Gasteiger charge is 2.17. The number of aryl methyl sites for hydroxylation is 1. The first-order valence-corrected chi connectivity index (χ1v) is 6.42. The molecule has 0 fully saturated rings. The van der Waals surface area contributed by atoms with Crippen molar-refractivity contribution in [3.8, 4) is 0 Å². The number of nitro groups is 1. The van der Waals surface area contributed by atoms with Crippen LogP contribution in [0.4, 0.5) is 5.69 Å². The Hall–Kier alpha value is -2.41. The lowest BCUT2D eigenvalue weighted by Crippen LogP contribution is -1.99. The minimum atomic E-state index is -1.13. The Kier molecular flexibility index (Phi) is 3.99. The van der Waals surface area contributed by atoms with Gasteiger partial charge in [0.05, 0.1) is 9.82 Å². The second kappa shape index (κ2) is 5.70. The molecule has 0 radical (unpaired) electrons. The Labute approximate surface area is 118 Å². The lowest BCUT2D eigenvalue weighted by Gasteiger charge is -2.06. The summed E-state index contributed by atoms with van der Waals surface area (Å²) in [4.78, 5) is 26.2. The van der Waals surface area contributed by atoms with Crippen molar-refractivity contribution in [2.24, 2.45) is 0 Å². The Morgan fingerprint density at radius 3 is 2.80 bits per heavy atom. The van der Waals surface area contributed by atoms with Crippen LogP contribution in [0, 0.1) is 17.0 Å². The van der Waals surface area contributed by atoms with Crippen molar-refractivity contribution in [2.45, 2.75) is 16.7 Å². The minimum absolute atomic E-state index is 0.00341. The normalized spacial score (nSPS) is 10.2. The van der Waals surface area contributed by atoms with Gasteiger partial charge in [0.1, 0.15) is 5.69 Å². The molecule has 2 rings (SSSR count). The van der Waals surface area contributed by atoms with Crippen LogP contribution in [0.25, 0.3) is 0 Å². The van der Waals surface area contributed by atoms with Gasteiger partial charge in [-0.05, 0) is 24.6 Å². The number of hydrogen-bond donors (Lipinski definition) is 1. The monoisotopic (exact) mass is 290 g/mol. The van der Waals surface area contributed by atoms with Crippen LogP contribution in [0.2, 0.25) is 0 Å². The molecule has 102 valence electrons. The van der Waals surface area contributed by atoms with E-state index in [4.69, 9.17) is 5.11 Å². The van der Waals surface area contributed by atoms with Gasteiger partial charge in [-0.15, -0.1) is 0 Å². The van der Waals surface area contributed by atoms with Gasteiger partial charge in [-0.1, -0.05) is 23.9 Å². The molecule has 1 aromatic heterocycles. The summed E-state index contributed by atoms with van der Waals surface area (Å²) in [5, 5.41) is 19.9. The third kappa shape index (κ3) is 2.94. The van der Waals surface area contributed by atoms with Crippen molar-refractivity contribution >= 4 is 23.4 Å². The summed E-state index contributed by atoms with van der Waals surface area (Å²) >= 11 is 1.16. The number of carboxylic acid groups (broad SMARTS) is 1. The Balaban J connectivity index is 2.42. The van der Waals surface area contributed by atoms with Gasteiger partial charge in [0.2, 0.25) is 0 Å². The number of aromatic carboxylic acids is 1. The number of aromatic nitrogens is 1. The van der Waals surface area contributed by atoms with Crippen molar-refractivity contribution < 1.29 is 14.8 Å². The number of rotatable bonds is 4. The zero-order valence-corrected chi connectivity index (χ0v) is 11.3. The summed E-state index contributed by atoms with van der Waals surface area (Å²) < 4.78 is 0. The van der Waals surface area contributed by atoms with Gasteiger partial charge in [-0.25, -0.2) is 9.78 Å². The van der Waals surface area contributed by atoms with Gasteiger partial charge in [0.15, 0.2) is 0 Å². The molecule has 2 aromatic rings. The molecule has 0 aliphatic heterocycles. The molecular formula is C13H10N2O4S. The average molecular weight is 290 g/mol. The van der Waals surface area contributed by atoms with Gasteiger partial charge >= 0.3 is 5.97 Å². The first-order valence-electron chi connectivity index (χ1n) is 5.60. The van der Waals surface area contributed by atoms with E-state index in [1.54, 1.807) is 25.1 Å². The van der Waals surface area contributed by atoms with Gasteiger partial charge < -0.3 is 5.11 Å². The van der Waals surface area contributed by atoms with E-state index in [1.165, 1.54) is 18.3 Å². The quantitative estimate of drug-likeness (QED) is 0.686. The summed E-state index contributed by atoms with van der Waals surface area (Å²) in [6.45, 7) is 1.77. The predicted molar refractivity (Wildman–Crippen MR) is 73.2 cm³/mol. The molecule has 6 nitrogen and oxygen atoms in total. The topological polar surface area (TPSA) is 93.3 Å². The molecule has 0 unspecified atom stereocenters. The number of nitro benzene ring substituents is 1. The standard InChI is InChI=1S/C13H10N2O4S/c1-8-3-2-4-11(15(18)19)12(8)20-9-5-6-14-10(7-9)13(16)17/h2-7H,1H3,(H,16,17). The predicted octanol–water partition coefficient (Wildman–Crippen LogP) is 3.15. The van der Waals surface area contributed by atoms with Gasteiger partial charge in [0.25, 0.3) is 5.69 Å². The summed E-state index contributed by atoms with van der Waals surface area (Å²) in [5.41, 5.74) is 0.674. The molecule has 0 saturated carbocycles. The number of hydrogen-bond acceptors (Lipinski definition) is 5. The Morgan fingerprint density at radius 1 is 1.40 bits per heavy atom. The maximum atomic E-state index is 11.0. The lowest BCUT2D eigenvalue weighted by atomic mass is 10.2. The molecule has 0 saturated heterocycles. The minimum Gasteiger partial charge on any atom is -0.477 e. The third-order valence-electron chi connectivity index (χ3n) is 2.56. The van der Waals surface area contributed by atoms with Crippen molar-refractivity contribution in [2.75, 3.05) is 0 Å². The van der Waals surface area contributed by atoms with E-state index < -0.39 is 10.9 Å². The molecule has 1 N–H and O–H groups in total. The highest BCUT2D eigenvalue weighted by atomic mass is 32.2. The fourth-order valence-corrected chi connectivity index (χ4v) is 2.63. The second-order valence-corrected chi connectivity index (χ2v) is 5.05. The summed E-state index contributed by atoms with van der Waals surface area (Å²) in [6.07, 6.45) is 1.37. The molecule has 7 heteroatoms. The van der Waals surface area contributed by atoms with Crippen LogP contribution in [0.1, 0.15) is 16.1 Å². The fourth-order valence-electron chi connectivity index (χ4n) is 1.62. The van der Waals surface area contributed by atoms with Crippen LogP contribution in [-0.2, 0) is 0 Å². The summed E-state index contributed by atoms with van der Waals surface area (Å²) in [5.74, 6) is -1.13. The van der Waals surface area contributed by atoms with Gasteiger partial charge in [-0.2, -0.15) is 0 Å². The largest absolute Gasteiger partial charge is 0.477 e. The molecule has 0 amide bonds.